The maximum Gasteiger partial charge on any atom is 0.240 e. The van der Waals surface area contributed by atoms with E-state index in [4.69, 9.17) is 14.2 Å². The lowest BCUT2D eigenvalue weighted by Crippen LogP contribution is -2.39. The number of sulfonamides is 1. The van der Waals surface area contributed by atoms with Crippen LogP contribution < -0.4 is 14.2 Å². The van der Waals surface area contributed by atoms with Gasteiger partial charge in [-0.25, -0.2) is 13.1 Å². The summed E-state index contributed by atoms with van der Waals surface area (Å²) in [6.07, 6.45) is 0. The van der Waals surface area contributed by atoms with Gasteiger partial charge in [-0.2, -0.15) is 0 Å². The molecular formula is C15H22N2O6S. The molecule has 9 heteroatoms. The van der Waals surface area contributed by atoms with Crippen molar-refractivity contribution in [3.8, 4) is 11.5 Å². The third kappa shape index (κ3) is 4.83. The van der Waals surface area contributed by atoms with Crippen LogP contribution in [-0.4, -0.2) is 65.8 Å². The highest BCUT2D eigenvalue weighted by Crippen LogP contribution is 2.32. The second-order valence-corrected chi connectivity index (χ2v) is 6.97. The number of hydrogen-bond acceptors (Lipinski definition) is 6. The van der Waals surface area contributed by atoms with E-state index in [1.165, 1.54) is 24.0 Å². The van der Waals surface area contributed by atoms with E-state index >= 15 is 0 Å². The molecule has 0 radical (unpaired) electrons. The molecule has 1 amide bonds. The van der Waals surface area contributed by atoms with E-state index in [0.29, 0.717) is 37.9 Å². The summed E-state index contributed by atoms with van der Waals surface area (Å²) in [5, 5.41) is 0. The minimum Gasteiger partial charge on any atom is -0.486 e. The van der Waals surface area contributed by atoms with Crippen LogP contribution in [0.2, 0.25) is 0 Å². The van der Waals surface area contributed by atoms with Gasteiger partial charge < -0.3 is 19.1 Å². The zero-order valence-electron chi connectivity index (χ0n) is 13.8. The highest BCUT2D eigenvalue weighted by atomic mass is 32.2. The highest BCUT2D eigenvalue weighted by Gasteiger charge is 2.19. The minimum atomic E-state index is -3.69. The Morgan fingerprint density at radius 1 is 1.25 bits per heavy atom. The van der Waals surface area contributed by atoms with E-state index in [1.54, 1.807) is 13.2 Å². The molecule has 0 atom stereocenters. The molecule has 0 unspecified atom stereocenters. The van der Waals surface area contributed by atoms with Crippen LogP contribution >= 0.6 is 0 Å². The van der Waals surface area contributed by atoms with E-state index in [-0.39, 0.29) is 23.9 Å². The lowest BCUT2D eigenvalue weighted by molar-refractivity contribution is -0.129. The molecule has 0 bridgehead atoms. The molecule has 0 spiro atoms. The van der Waals surface area contributed by atoms with Gasteiger partial charge in [0.2, 0.25) is 15.9 Å². The van der Waals surface area contributed by atoms with Crippen molar-refractivity contribution in [2.45, 2.75) is 11.8 Å². The number of fused-ring (bicyclic) bond motifs is 1. The second-order valence-electron chi connectivity index (χ2n) is 5.20. The Kier molecular flexibility index (Phi) is 6.41. The SMILES string of the molecule is COCCN(CCNS(=O)(=O)c1ccc2c(c1)OCCO2)C(C)=O. The lowest BCUT2D eigenvalue weighted by atomic mass is 10.3. The van der Waals surface area contributed by atoms with Gasteiger partial charge in [-0.05, 0) is 12.1 Å². The van der Waals surface area contributed by atoms with Gasteiger partial charge in [0.05, 0.1) is 11.5 Å². The fourth-order valence-corrected chi connectivity index (χ4v) is 3.25. The standard InChI is InChI=1S/C15H22N2O6S/c1-12(18)17(7-8-21-2)6-5-16-24(19,20)13-3-4-14-15(11-13)23-10-9-22-14/h3-4,11,16H,5-10H2,1-2H3. The predicted molar refractivity (Wildman–Crippen MR) is 86.8 cm³/mol. The number of nitrogens with zero attached hydrogens (tertiary/aromatic N) is 1. The number of benzene rings is 1. The molecule has 24 heavy (non-hydrogen) atoms. The zero-order valence-corrected chi connectivity index (χ0v) is 14.6. The average Bonchev–Trinajstić information content (AvgIpc) is 2.57. The van der Waals surface area contributed by atoms with Crippen LogP contribution in [0.25, 0.3) is 0 Å². The molecule has 1 aromatic rings. The highest BCUT2D eigenvalue weighted by molar-refractivity contribution is 7.89. The van der Waals surface area contributed by atoms with Gasteiger partial charge in [-0.3, -0.25) is 4.79 Å². The fraction of sp³-hybridized carbons (Fsp3) is 0.533. The Hall–Kier alpha value is -1.84. The van der Waals surface area contributed by atoms with Crippen LogP contribution in [0.15, 0.2) is 23.1 Å². The van der Waals surface area contributed by atoms with Crippen molar-refractivity contribution in [2.75, 3.05) is 46.6 Å². The van der Waals surface area contributed by atoms with Gasteiger partial charge in [0, 0.05) is 39.7 Å². The molecule has 1 aliphatic rings. The van der Waals surface area contributed by atoms with Crippen molar-refractivity contribution in [3.63, 3.8) is 0 Å². The van der Waals surface area contributed by atoms with E-state index in [9.17, 15) is 13.2 Å². The number of rotatable bonds is 8. The van der Waals surface area contributed by atoms with Crippen LogP contribution in [0.5, 0.6) is 11.5 Å². The molecule has 1 aromatic carbocycles. The van der Waals surface area contributed by atoms with E-state index in [0.717, 1.165) is 0 Å². The van der Waals surface area contributed by atoms with Crippen molar-refractivity contribution in [2.24, 2.45) is 0 Å². The minimum absolute atomic E-state index is 0.0954. The summed E-state index contributed by atoms with van der Waals surface area (Å²) >= 11 is 0. The Morgan fingerprint density at radius 2 is 1.96 bits per heavy atom. The van der Waals surface area contributed by atoms with Gasteiger partial charge in [0.25, 0.3) is 0 Å². The lowest BCUT2D eigenvalue weighted by Gasteiger charge is -2.21. The fourth-order valence-electron chi connectivity index (χ4n) is 2.22. The molecule has 8 nitrogen and oxygen atoms in total. The summed E-state index contributed by atoms with van der Waals surface area (Å²) in [5.41, 5.74) is 0. The van der Waals surface area contributed by atoms with Crippen molar-refractivity contribution in [1.82, 2.24) is 9.62 Å². The number of carbonyl (C=O) groups is 1. The molecule has 1 N–H and O–H groups in total. The number of amides is 1. The topological polar surface area (TPSA) is 94.2 Å². The smallest absolute Gasteiger partial charge is 0.240 e. The van der Waals surface area contributed by atoms with Gasteiger partial charge in [0.1, 0.15) is 13.2 Å². The maximum absolute atomic E-state index is 12.3. The molecule has 134 valence electrons. The molecule has 0 aliphatic carbocycles. The number of hydrogen-bond donors (Lipinski definition) is 1. The molecular weight excluding hydrogens is 336 g/mol. The molecule has 0 saturated carbocycles. The van der Waals surface area contributed by atoms with Gasteiger partial charge in [-0.15, -0.1) is 0 Å². The van der Waals surface area contributed by atoms with Crippen LogP contribution in [0, 0.1) is 0 Å². The summed E-state index contributed by atoms with van der Waals surface area (Å²) in [7, 11) is -2.15. The van der Waals surface area contributed by atoms with Crippen LogP contribution in [0.4, 0.5) is 0 Å². The quantitative estimate of drug-likeness (QED) is 0.715. The Bertz CT molecular complexity index is 677. The van der Waals surface area contributed by atoms with Crippen molar-refractivity contribution >= 4 is 15.9 Å². The van der Waals surface area contributed by atoms with E-state index in [2.05, 4.69) is 4.72 Å². The maximum atomic E-state index is 12.3. The summed E-state index contributed by atoms with van der Waals surface area (Å²) in [6, 6.07) is 4.47. The first-order chi connectivity index (χ1) is 11.4. The van der Waals surface area contributed by atoms with E-state index in [1.807, 2.05) is 0 Å². The Labute approximate surface area is 141 Å². The van der Waals surface area contributed by atoms with Gasteiger partial charge in [-0.1, -0.05) is 0 Å². The van der Waals surface area contributed by atoms with Crippen LogP contribution in [0.3, 0.4) is 0 Å². The van der Waals surface area contributed by atoms with Crippen LogP contribution in [0.1, 0.15) is 6.92 Å². The second kappa shape index (κ2) is 8.32. The molecule has 1 aliphatic heterocycles. The zero-order chi connectivity index (χ0) is 17.6. The van der Waals surface area contributed by atoms with Gasteiger partial charge >= 0.3 is 0 Å². The normalized spacial score (nSPS) is 13.6. The number of ether oxygens (including phenoxy) is 3. The average molecular weight is 358 g/mol. The first kappa shape index (κ1) is 18.5. The van der Waals surface area contributed by atoms with Crippen LogP contribution in [-0.2, 0) is 19.6 Å². The molecule has 0 saturated heterocycles. The Morgan fingerprint density at radius 3 is 2.62 bits per heavy atom. The van der Waals surface area contributed by atoms with E-state index < -0.39 is 10.0 Å². The number of methoxy groups -OCH3 is 1. The van der Waals surface area contributed by atoms with Gasteiger partial charge in [0.15, 0.2) is 11.5 Å². The monoisotopic (exact) mass is 358 g/mol. The molecule has 0 aromatic heterocycles. The largest absolute Gasteiger partial charge is 0.486 e. The summed E-state index contributed by atoms with van der Waals surface area (Å²) < 4.78 is 42.9. The van der Waals surface area contributed by atoms with Crippen molar-refractivity contribution < 1.29 is 27.4 Å². The first-order valence-corrected chi connectivity index (χ1v) is 9.06. The Balaban J connectivity index is 1.97. The van der Waals surface area contributed by atoms with Crippen molar-refractivity contribution in [3.05, 3.63) is 18.2 Å². The molecule has 2 rings (SSSR count). The number of carbonyl (C=O) groups excluding carboxylic acids is 1. The summed E-state index contributed by atoms with van der Waals surface area (Å²) in [5.74, 6) is 0.808. The molecule has 1 heterocycles. The molecule has 0 fully saturated rings. The summed E-state index contributed by atoms with van der Waals surface area (Å²) in [6.45, 7) is 3.45. The third-order valence-electron chi connectivity index (χ3n) is 3.51. The third-order valence-corrected chi connectivity index (χ3v) is 4.97. The number of nitrogens with one attached hydrogen (secondary N) is 1. The predicted octanol–water partition coefficient (Wildman–Crippen LogP) is 0.231. The first-order valence-electron chi connectivity index (χ1n) is 7.58. The summed E-state index contributed by atoms with van der Waals surface area (Å²) in [4.78, 5) is 13.1. The van der Waals surface area contributed by atoms with Crippen molar-refractivity contribution in [1.29, 1.82) is 0 Å².